The van der Waals surface area contributed by atoms with Crippen molar-refractivity contribution in [3.05, 3.63) is 51.0 Å². The zero-order valence-electron chi connectivity index (χ0n) is 12.8. The SMILES string of the molecule is CCOC(=O)CCc1csc(Cc2ccc(C)c(C)c2)n1. The van der Waals surface area contributed by atoms with Crippen molar-refractivity contribution in [2.75, 3.05) is 6.61 Å². The van der Waals surface area contributed by atoms with Crippen LogP contribution in [0.5, 0.6) is 0 Å². The molecule has 112 valence electrons. The number of esters is 1. The summed E-state index contributed by atoms with van der Waals surface area (Å²) in [4.78, 5) is 15.9. The molecule has 0 aliphatic rings. The molecule has 0 atom stereocenters. The van der Waals surface area contributed by atoms with Crippen LogP contribution in [-0.2, 0) is 22.4 Å². The fourth-order valence-corrected chi connectivity index (χ4v) is 2.96. The third-order valence-corrected chi connectivity index (χ3v) is 4.31. The zero-order valence-corrected chi connectivity index (χ0v) is 13.6. The number of benzene rings is 1. The summed E-state index contributed by atoms with van der Waals surface area (Å²) in [7, 11) is 0. The Balaban J connectivity index is 1.93. The first-order valence-corrected chi connectivity index (χ1v) is 8.11. The summed E-state index contributed by atoms with van der Waals surface area (Å²) in [5, 5.41) is 3.13. The molecular formula is C17H21NO2S. The Morgan fingerprint density at radius 3 is 2.81 bits per heavy atom. The van der Waals surface area contributed by atoms with Crippen molar-refractivity contribution in [2.45, 2.75) is 40.0 Å². The lowest BCUT2D eigenvalue weighted by Gasteiger charge is -2.03. The normalized spacial score (nSPS) is 10.6. The topological polar surface area (TPSA) is 39.2 Å². The number of carbonyl (C=O) groups excluding carboxylic acids is 1. The van der Waals surface area contributed by atoms with Crippen LogP contribution in [0.4, 0.5) is 0 Å². The predicted octanol–water partition coefficient (Wildman–Crippen LogP) is 3.85. The van der Waals surface area contributed by atoms with Gasteiger partial charge in [-0.3, -0.25) is 4.79 Å². The van der Waals surface area contributed by atoms with Crippen molar-refractivity contribution < 1.29 is 9.53 Å². The van der Waals surface area contributed by atoms with E-state index in [0.717, 1.165) is 17.1 Å². The summed E-state index contributed by atoms with van der Waals surface area (Å²) >= 11 is 1.66. The maximum Gasteiger partial charge on any atom is 0.306 e. The van der Waals surface area contributed by atoms with Gasteiger partial charge in [-0.2, -0.15) is 0 Å². The average molecular weight is 303 g/mol. The molecule has 1 heterocycles. The van der Waals surface area contributed by atoms with Crippen molar-refractivity contribution >= 4 is 17.3 Å². The Hall–Kier alpha value is -1.68. The molecule has 0 bridgehead atoms. The van der Waals surface area contributed by atoms with Gasteiger partial charge in [0.1, 0.15) is 0 Å². The third kappa shape index (κ3) is 4.67. The number of carbonyl (C=O) groups is 1. The van der Waals surface area contributed by atoms with E-state index in [2.05, 4.69) is 37.0 Å². The van der Waals surface area contributed by atoms with Crippen LogP contribution in [0.25, 0.3) is 0 Å². The van der Waals surface area contributed by atoms with Crippen LogP contribution in [0.1, 0.15) is 40.7 Å². The lowest BCUT2D eigenvalue weighted by Crippen LogP contribution is -2.05. The van der Waals surface area contributed by atoms with E-state index in [1.165, 1.54) is 16.7 Å². The van der Waals surface area contributed by atoms with Gasteiger partial charge in [0.15, 0.2) is 0 Å². The number of nitrogens with zero attached hydrogens (tertiary/aromatic N) is 1. The molecule has 0 aliphatic heterocycles. The van der Waals surface area contributed by atoms with Gasteiger partial charge in [0.05, 0.1) is 23.7 Å². The molecule has 0 unspecified atom stereocenters. The van der Waals surface area contributed by atoms with Gasteiger partial charge in [-0.15, -0.1) is 11.3 Å². The van der Waals surface area contributed by atoms with Crippen LogP contribution in [0.15, 0.2) is 23.6 Å². The largest absolute Gasteiger partial charge is 0.466 e. The molecular weight excluding hydrogens is 282 g/mol. The van der Waals surface area contributed by atoms with E-state index in [-0.39, 0.29) is 5.97 Å². The van der Waals surface area contributed by atoms with Crippen LogP contribution < -0.4 is 0 Å². The fraction of sp³-hybridized carbons (Fsp3) is 0.412. The van der Waals surface area contributed by atoms with E-state index in [4.69, 9.17) is 4.74 Å². The highest BCUT2D eigenvalue weighted by atomic mass is 32.1. The first-order valence-electron chi connectivity index (χ1n) is 7.23. The zero-order chi connectivity index (χ0) is 15.2. The molecule has 0 N–H and O–H groups in total. The van der Waals surface area contributed by atoms with E-state index >= 15 is 0 Å². The van der Waals surface area contributed by atoms with Gasteiger partial charge < -0.3 is 4.74 Å². The molecule has 0 aliphatic carbocycles. The first kappa shape index (κ1) is 15.7. The molecule has 1 aromatic heterocycles. The average Bonchev–Trinajstić information content (AvgIpc) is 2.89. The third-order valence-electron chi connectivity index (χ3n) is 3.42. The molecule has 3 nitrogen and oxygen atoms in total. The quantitative estimate of drug-likeness (QED) is 0.761. The molecule has 4 heteroatoms. The van der Waals surface area contributed by atoms with E-state index in [0.29, 0.717) is 19.4 Å². The second-order valence-corrected chi connectivity index (χ2v) is 6.08. The van der Waals surface area contributed by atoms with Crippen molar-refractivity contribution in [1.82, 2.24) is 4.98 Å². The number of hydrogen-bond donors (Lipinski definition) is 0. The van der Waals surface area contributed by atoms with Crippen molar-refractivity contribution in [2.24, 2.45) is 0 Å². The molecule has 0 saturated heterocycles. The fourth-order valence-electron chi connectivity index (χ4n) is 2.10. The minimum atomic E-state index is -0.152. The summed E-state index contributed by atoms with van der Waals surface area (Å²) in [6, 6.07) is 6.52. The highest BCUT2D eigenvalue weighted by Crippen LogP contribution is 2.18. The maximum absolute atomic E-state index is 11.3. The molecule has 0 amide bonds. The standard InChI is InChI=1S/C17H21NO2S/c1-4-20-17(19)8-7-15-11-21-16(18-15)10-14-6-5-12(2)13(3)9-14/h5-6,9,11H,4,7-8,10H2,1-3H3. The monoisotopic (exact) mass is 303 g/mol. The molecule has 0 radical (unpaired) electrons. The van der Waals surface area contributed by atoms with Crippen LogP contribution >= 0.6 is 11.3 Å². The molecule has 0 fully saturated rings. The predicted molar refractivity (Wildman–Crippen MR) is 85.8 cm³/mol. The van der Waals surface area contributed by atoms with Gasteiger partial charge >= 0.3 is 5.97 Å². The van der Waals surface area contributed by atoms with Crippen LogP contribution in [0.3, 0.4) is 0 Å². The van der Waals surface area contributed by atoms with Crippen molar-refractivity contribution in [3.63, 3.8) is 0 Å². The summed E-state index contributed by atoms with van der Waals surface area (Å²) < 4.78 is 4.93. The Morgan fingerprint density at radius 1 is 1.29 bits per heavy atom. The minimum Gasteiger partial charge on any atom is -0.466 e. The lowest BCUT2D eigenvalue weighted by molar-refractivity contribution is -0.143. The van der Waals surface area contributed by atoms with Gasteiger partial charge in [0.2, 0.25) is 0 Å². The molecule has 2 aromatic rings. The van der Waals surface area contributed by atoms with Crippen LogP contribution in [0.2, 0.25) is 0 Å². The van der Waals surface area contributed by atoms with Crippen molar-refractivity contribution in [1.29, 1.82) is 0 Å². The van der Waals surface area contributed by atoms with E-state index in [1.807, 2.05) is 12.3 Å². The number of aryl methyl sites for hydroxylation is 3. The van der Waals surface area contributed by atoms with Gasteiger partial charge in [-0.25, -0.2) is 4.98 Å². The first-order chi connectivity index (χ1) is 10.1. The summed E-state index contributed by atoms with van der Waals surface area (Å²) in [5.41, 5.74) is 4.89. The Kier molecular flexibility index (Phi) is 5.51. The van der Waals surface area contributed by atoms with E-state index in [1.54, 1.807) is 11.3 Å². The summed E-state index contributed by atoms with van der Waals surface area (Å²) in [5.74, 6) is -0.152. The lowest BCUT2D eigenvalue weighted by atomic mass is 10.0. The minimum absolute atomic E-state index is 0.152. The van der Waals surface area contributed by atoms with Gasteiger partial charge in [-0.05, 0) is 37.5 Å². The molecule has 21 heavy (non-hydrogen) atoms. The van der Waals surface area contributed by atoms with Crippen molar-refractivity contribution in [3.8, 4) is 0 Å². The molecule has 1 aromatic carbocycles. The molecule has 2 rings (SSSR count). The number of hydrogen-bond acceptors (Lipinski definition) is 4. The molecule has 0 saturated carbocycles. The molecule has 0 spiro atoms. The summed E-state index contributed by atoms with van der Waals surface area (Å²) in [6.07, 6.45) is 1.91. The van der Waals surface area contributed by atoms with Crippen LogP contribution in [-0.4, -0.2) is 17.6 Å². The number of rotatable bonds is 6. The van der Waals surface area contributed by atoms with Gasteiger partial charge in [0, 0.05) is 18.2 Å². The Labute approximate surface area is 130 Å². The van der Waals surface area contributed by atoms with E-state index < -0.39 is 0 Å². The smallest absolute Gasteiger partial charge is 0.306 e. The maximum atomic E-state index is 11.3. The second-order valence-electron chi connectivity index (χ2n) is 5.13. The highest BCUT2D eigenvalue weighted by molar-refractivity contribution is 7.09. The van der Waals surface area contributed by atoms with Crippen LogP contribution in [0, 0.1) is 13.8 Å². The Morgan fingerprint density at radius 2 is 2.10 bits per heavy atom. The van der Waals surface area contributed by atoms with Gasteiger partial charge in [0.25, 0.3) is 0 Å². The van der Waals surface area contributed by atoms with E-state index in [9.17, 15) is 4.79 Å². The Bertz CT molecular complexity index is 619. The van der Waals surface area contributed by atoms with Gasteiger partial charge in [-0.1, -0.05) is 18.2 Å². The summed E-state index contributed by atoms with van der Waals surface area (Å²) in [6.45, 7) is 6.51. The second kappa shape index (κ2) is 7.36. The number of aromatic nitrogens is 1. The number of thiazole rings is 1. The highest BCUT2D eigenvalue weighted by Gasteiger charge is 2.07. The number of ether oxygens (including phenoxy) is 1.